The van der Waals surface area contributed by atoms with E-state index in [4.69, 9.17) is 9.47 Å². The normalized spacial score (nSPS) is 16.1. The van der Waals surface area contributed by atoms with Crippen molar-refractivity contribution in [3.63, 3.8) is 0 Å². The maximum atomic E-state index is 12.2. The summed E-state index contributed by atoms with van der Waals surface area (Å²) in [4.78, 5) is 17.1. The van der Waals surface area contributed by atoms with Gasteiger partial charge in [0.05, 0.1) is 0 Å². The molecule has 0 saturated carbocycles. The van der Waals surface area contributed by atoms with Gasteiger partial charge in [-0.25, -0.2) is 4.79 Å². The fourth-order valence-electron chi connectivity index (χ4n) is 4.07. The SMILES string of the molecule is Cc1ccc(C)c(N2CCN(CCCNC(=O)Nc3ccc4c(c3)OCCO4)CC2)c1. The number of hydrogen-bond donors (Lipinski definition) is 2. The van der Waals surface area contributed by atoms with Crippen molar-refractivity contribution in [1.29, 1.82) is 0 Å². The van der Waals surface area contributed by atoms with E-state index in [0.29, 0.717) is 31.2 Å². The van der Waals surface area contributed by atoms with E-state index in [1.807, 2.05) is 12.1 Å². The lowest BCUT2D eigenvalue weighted by atomic mass is 10.1. The van der Waals surface area contributed by atoms with Gasteiger partial charge in [-0.3, -0.25) is 4.90 Å². The molecule has 1 fully saturated rings. The molecule has 0 aliphatic carbocycles. The number of benzene rings is 2. The van der Waals surface area contributed by atoms with Crippen LogP contribution in [0.15, 0.2) is 36.4 Å². The van der Waals surface area contributed by atoms with E-state index in [2.05, 4.69) is 52.5 Å². The molecule has 4 rings (SSSR count). The molecule has 0 spiro atoms. The Kier molecular flexibility index (Phi) is 6.82. The third kappa shape index (κ3) is 5.61. The molecule has 2 amide bonds. The third-order valence-corrected chi connectivity index (χ3v) is 5.81. The summed E-state index contributed by atoms with van der Waals surface area (Å²) in [5.41, 5.74) is 4.71. The molecule has 2 aromatic carbocycles. The van der Waals surface area contributed by atoms with E-state index >= 15 is 0 Å². The van der Waals surface area contributed by atoms with E-state index in [0.717, 1.165) is 44.9 Å². The highest BCUT2D eigenvalue weighted by Crippen LogP contribution is 2.32. The molecule has 2 aliphatic heterocycles. The van der Waals surface area contributed by atoms with Crippen LogP contribution >= 0.6 is 0 Å². The molecule has 0 radical (unpaired) electrons. The van der Waals surface area contributed by atoms with Gasteiger partial charge >= 0.3 is 6.03 Å². The first-order chi connectivity index (χ1) is 15.1. The predicted molar refractivity (Wildman–Crippen MR) is 124 cm³/mol. The minimum absolute atomic E-state index is 0.198. The summed E-state index contributed by atoms with van der Waals surface area (Å²) in [6.45, 7) is 11.2. The average molecular weight is 425 g/mol. The van der Waals surface area contributed by atoms with Crippen LogP contribution in [0.1, 0.15) is 17.5 Å². The number of nitrogens with zero attached hydrogens (tertiary/aromatic N) is 2. The van der Waals surface area contributed by atoms with Gasteiger partial charge in [0, 0.05) is 50.2 Å². The highest BCUT2D eigenvalue weighted by Gasteiger charge is 2.18. The van der Waals surface area contributed by atoms with Crippen molar-refractivity contribution >= 4 is 17.4 Å². The summed E-state index contributed by atoms with van der Waals surface area (Å²) >= 11 is 0. The second kappa shape index (κ2) is 9.92. The number of piperazine rings is 1. The van der Waals surface area contributed by atoms with Crippen molar-refractivity contribution in [2.75, 3.05) is 62.7 Å². The zero-order valence-corrected chi connectivity index (χ0v) is 18.4. The average Bonchev–Trinajstić information content (AvgIpc) is 2.79. The largest absolute Gasteiger partial charge is 0.486 e. The summed E-state index contributed by atoms with van der Waals surface area (Å²) in [5, 5.41) is 5.80. The second-order valence-corrected chi connectivity index (χ2v) is 8.21. The first-order valence-electron chi connectivity index (χ1n) is 11.1. The van der Waals surface area contributed by atoms with Crippen molar-refractivity contribution in [2.45, 2.75) is 20.3 Å². The lowest BCUT2D eigenvalue weighted by Crippen LogP contribution is -2.47. The van der Waals surface area contributed by atoms with Crippen LogP contribution in [0, 0.1) is 13.8 Å². The van der Waals surface area contributed by atoms with Gasteiger partial charge in [0.1, 0.15) is 13.2 Å². The molecular weight excluding hydrogens is 392 g/mol. The van der Waals surface area contributed by atoms with Crippen LogP contribution < -0.4 is 25.0 Å². The minimum Gasteiger partial charge on any atom is -0.486 e. The van der Waals surface area contributed by atoms with Gasteiger partial charge in [-0.2, -0.15) is 0 Å². The smallest absolute Gasteiger partial charge is 0.319 e. The lowest BCUT2D eigenvalue weighted by molar-refractivity contribution is 0.171. The molecule has 0 aromatic heterocycles. The zero-order valence-electron chi connectivity index (χ0n) is 18.4. The van der Waals surface area contributed by atoms with Gasteiger partial charge in [0.15, 0.2) is 11.5 Å². The van der Waals surface area contributed by atoms with Gasteiger partial charge in [-0.05, 0) is 56.1 Å². The fraction of sp³-hybridized carbons (Fsp3) is 0.458. The Labute approximate surface area is 184 Å². The van der Waals surface area contributed by atoms with Crippen LogP contribution in [0.3, 0.4) is 0 Å². The molecule has 2 aliphatic rings. The van der Waals surface area contributed by atoms with Gasteiger partial charge in [0.2, 0.25) is 0 Å². The molecule has 1 saturated heterocycles. The standard InChI is InChI=1S/C24H32N4O3/c1-18-4-5-19(2)21(16-18)28-12-10-27(11-13-28)9-3-8-25-24(29)26-20-6-7-22-23(17-20)31-15-14-30-22/h4-7,16-17H,3,8-15H2,1-2H3,(H2,25,26,29). The Bertz CT molecular complexity index is 910. The molecule has 2 heterocycles. The molecule has 2 aromatic rings. The minimum atomic E-state index is -0.198. The molecule has 166 valence electrons. The molecular formula is C24H32N4O3. The number of carbonyl (C=O) groups excluding carboxylic acids is 1. The lowest BCUT2D eigenvalue weighted by Gasteiger charge is -2.37. The number of aryl methyl sites for hydroxylation is 2. The number of carbonyl (C=O) groups is 1. The van der Waals surface area contributed by atoms with Crippen LogP contribution in [0.2, 0.25) is 0 Å². The second-order valence-electron chi connectivity index (χ2n) is 8.21. The van der Waals surface area contributed by atoms with E-state index in [1.54, 1.807) is 6.07 Å². The topological polar surface area (TPSA) is 66.1 Å². The summed E-state index contributed by atoms with van der Waals surface area (Å²) < 4.78 is 11.1. The Balaban J connectivity index is 1.15. The molecule has 7 heteroatoms. The van der Waals surface area contributed by atoms with Crippen molar-refractivity contribution in [3.05, 3.63) is 47.5 Å². The highest BCUT2D eigenvalue weighted by atomic mass is 16.6. The van der Waals surface area contributed by atoms with Crippen molar-refractivity contribution in [3.8, 4) is 11.5 Å². The summed E-state index contributed by atoms with van der Waals surface area (Å²) in [6, 6.07) is 11.9. The van der Waals surface area contributed by atoms with E-state index < -0.39 is 0 Å². The molecule has 0 unspecified atom stereocenters. The zero-order chi connectivity index (χ0) is 21.6. The van der Waals surface area contributed by atoms with Gasteiger partial charge < -0.3 is 25.0 Å². The summed E-state index contributed by atoms with van der Waals surface area (Å²) in [7, 11) is 0. The van der Waals surface area contributed by atoms with Crippen molar-refractivity contribution in [2.24, 2.45) is 0 Å². The number of nitrogens with one attached hydrogen (secondary N) is 2. The van der Waals surface area contributed by atoms with Gasteiger partial charge in [-0.15, -0.1) is 0 Å². The number of hydrogen-bond acceptors (Lipinski definition) is 5. The number of fused-ring (bicyclic) bond motifs is 1. The van der Waals surface area contributed by atoms with Gasteiger partial charge in [0.25, 0.3) is 0 Å². The first-order valence-corrected chi connectivity index (χ1v) is 11.1. The van der Waals surface area contributed by atoms with E-state index in [9.17, 15) is 4.79 Å². The van der Waals surface area contributed by atoms with Crippen LogP contribution in [-0.2, 0) is 0 Å². The van der Waals surface area contributed by atoms with Crippen LogP contribution in [0.25, 0.3) is 0 Å². The van der Waals surface area contributed by atoms with E-state index in [-0.39, 0.29) is 6.03 Å². The number of amides is 2. The molecule has 0 atom stereocenters. The Morgan fingerprint density at radius 3 is 2.55 bits per heavy atom. The number of urea groups is 1. The molecule has 0 bridgehead atoms. The quantitative estimate of drug-likeness (QED) is 0.696. The summed E-state index contributed by atoms with van der Waals surface area (Å²) in [5.74, 6) is 1.39. The third-order valence-electron chi connectivity index (χ3n) is 5.81. The monoisotopic (exact) mass is 424 g/mol. The highest BCUT2D eigenvalue weighted by molar-refractivity contribution is 5.89. The Hall–Kier alpha value is -2.93. The maximum Gasteiger partial charge on any atom is 0.319 e. The maximum absolute atomic E-state index is 12.2. The summed E-state index contributed by atoms with van der Waals surface area (Å²) in [6.07, 6.45) is 0.929. The van der Waals surface area contributed by atoms with Gasteiger partial charge in [-0.1, -0.05) is 12.1 Å². The van der Waals surface area contributed by atoms with Crippen LogP contribution in [0.4, 0.5) is 16.2 Å². The predicted octanol–water partition coefficient (Wildman–Crippen LogP) is 3.41. The van der Waals surface area contributed by atoms with Crippen LogP contribution in [0.5, 0.6) is 11.5 Å². The molecule has 31 heavy (non-hydrogen) atoms. The number of rotatable bonds is 6. The molecule has 7 nitrogen and oxygen atoms in total. The van der Waals surface area contributed by atoms with Crippen molar-refractivity contribution < 1.29 is 14.3 Å². The van der Waals surface area contributed by atoms with Crippen LogP contribution in [-0.4, -0.2) is 63.4 Å². The Morgan fingerprint density at radius 2 is 1.74 bits per heavy atom. The van der Waals surface area contributed by atoms with E-state index in [1.165, 1.54) is 16.8 Å². The first kappa shape index (κ1) is 21.3. The molecule has 2 N–H and O–H groups in total. The fourth-order valence-corrected chi connectivity index (χ4v) is 4.07. The van der Waals surface area contributed by atoms with Crippen molar-refractivity contribution in [1.82, 2.24) is 10.2 Å². The number of ether oxygens (including phenoxy) is 2. The number of anilines is 2. The Morgan fingerprint density at radius 1 is 0.968 bits per heavy atom.